The molecule has 0 aliphatic carbocycles. The van der Waals surface area contributed by atoms with Gasteiger partial charge in [0, 0.05) is 25.2 Å². The highest BCUT2D eigenvalue weighted by atomic mass is 19.1. The fourth-order valence-corrected chi connectivity index (χ4v) is 2.77. The molecule has 3 amide bonds. The molecule has 1 heterocycles. The van der Waals surface area contributed by atoms with Crippen molar-refractivity contribution in [3.63, 3.8) is 0 Å². The summed E-state index contributed by atoms with van der Waals surface area (Å²) in [6.07, 6.45) is 3.13. The first-order valence-electron chi connectivity index (χ1n) is 9.47. The number of nitrogens with one attached hydrogen (secondary N) is 3. The predicted octanol–water partition coefficient (Wildman–Crippen LogP) is 2.00. The third-order valence-corrected chi connectivity index (χ3v) is 4.39. The fourth-order valence-electron chi connectivity index (χ4n) is 2.77. The molecule has 3 N–H and O–H groups in total. The van der Waals surface area contributed by atoms with Crippen molar-refractivity contribution in [3.05, 3.63) is 83.2 Å². The maximum atomic E-state index is 13.5. The molecule has 8 nitrogen and oxygen atoms in total. The van der Waals surface area contributed by atoms with Crippen LogP contribution in [0.5, 0.6) is 0 Å². The summed E-state index contributed by atoms with van der Waals surface area (Å²) in [6, 6.07) is 11.8. The fraction of sp³-hybridized carbons (Fsp3) is 0.238. The van der Waals surface area contributed by atoms with Gasteiger partial charge in [-0.1, -0.05) is 30.3 Å². The van der Waals surface area contributed by atoms with Crippen LogP contribution in [0.4, 0.5) is 9.18 Å². The normalized spacial score (nSPS) is 10.5. The second-order valence-corrected chi connectivity index (χ2v) is 6.74. The van der Waals surface area contributed by atoms with Crippen molar-refractivity contribution in [1.82, 2.24) is 30.7 Å². The Bertz CT molecular complexity index is 1010. The van der Waals surface area contributed by atoms with Gasteiger partial charge in [0.15, 0.2) is 0 Å². The highest BCUT2D eigenvalue weighted by molar-refractivity contribution is 5.94. The maximum absolute atomic E-state index is 13.5. The second kappa shape index (κ2) is 10.1. The number of aryl methyl sites for hydroxylation is 1. The van der Waals surface area contributed by atoms with Crippen LogP contribution in [0.25, 0.3) is 0 Å². The van der Waals surface area contributed by atoms with Gasteiger partial charge in [-0.3, -0.25) is 4.79 Å². The minimum Gasteiger partial charge on any atom is -0.350 e. The molecule has 0 aliphatic heterocycles. The van der Waals surface area contributed by atoms with E-state index in [9.17, 15) is 14.0 Å². The summed E-state index contributed by atoms with van der Waals surface area (Å²) < 4.78 is 15.2. The van der Waals surface area contributed by atoms with Crippen molar-refractivity contribution in [1.29, 1.82) is 0 Å². The first-order chi connectivity index (χ1) is 14.5. The van der Waals surface area contributed by atoms with Crippen molar-refractivity contribution in [3.8, 4) is 0 Å². The smallest absolute Gasteiger partial charge is 0.315 e. The van der Waals surface area contributed by atoms with E-state index in [0.29, 0.717) is 18.7 Å². The lowest BCUT2D eigenvalue weighted by Crippen LogP contribution is -2.40. The molecule has 0 spiro atoms. The van der Waals surface area contributed by atoms with E-state index >= 15 is 0 Å². The van der Waals surface area contributed by atoms with E-state index in [4.69, 9.17) is 0 Å². The molecule has 0 atom stereocenters. The standard InChI is InChI=1S/C21H23FN6O2/c1-15-5-6-18(10-19(15)22)20(29)24-7-8-25-21(30)26-11-16-3-2-4-17(9-16)12-28-14-23-13-27-28/h2-6,9-10,13-14H,7-8,11-12H2,1H3,(H,24,29)(H2,25,26,30). The maximum Gasteiger partial charge on any atom is 0.315 e. The average molecular weight is 410 g/mol. The van der Waals surface area contributed by atoms with E-state index in [2.05, 4.69) is 26.0 Å². The van der Waals surface area contributed by atoms with E-state index in [1.54, 1.807) is 30.1 Å². The highest BCUT2D eigenvalue weighted by Gasteiger charge is 2.08. The first kappa shape index (κ1) is 21.0. The summed E-state index contributed by atoms with van der Waals surface area (Å²) in [5, 5.41) is 12.2. The lowest BCUT2D eigenvalue weighted by molar-refractivity contribution is 0.0953. The predicted molar refractivity (Wildman–Crippen MR) is 109 cm³/mol. The Morgan fingerprint density at radius 1 is 1.03 bits per heavy atom. The van der Waals surface area contributed by atoms with Crippen LogP contribution < -0.4 is 16.0 Å². The summed E-state index contributed by atoms with van der Waals surface area (Å²) in [7, 11) is 0. The number of urea groups is 1. The average Bonchev–Trinajstić information content (AvgIpc) is 3.25. The van der Waals surface area contributed by atoms with Crippen LogP contribution in [0.3, 0.4) is 0 Å². The highest BCUT2D eigenvalue weighted by Crippen LogP contribution is 2.09. The largest absolute Gasteiger partial charge is 0.350 e. The summed E-state index contributed by atoms with van der Waals surface area (Å²) in [6.45, 7) is 3.08. The van der Waals surface area contributed by atoms with Crippen LogP contribution in [-0.2, 0) is 13.1 Å². The number of nitrogens with zero attached hydrogens (tertiary/aromatic N) is 3. The number of carbonyl (C=O) groups is 2. The van der Waals surface area contributed by atoms with Crippen LogP contribution in [0.15, 0.2) is 55.1 Å². The molecular weight excluding hydrogens is 387 g/mol. The Balaban J connectivity index is 1.37. The Labute approximate surface area is 173 Å². The molecule has 156 valence electrons. The molecule has 0 bridgehead atoms. The molecule has 0 fully saturated rings. The second-order valence-electron chi connectivity index (χ2n) is 6.74. The SMILES string of the molecule is Cc1ccc(C(=O)NCCNC(=O)NCc2cccc(Cn3cncn3)c2)cc1F. The number of hydrogen-bond acceptors (Lipinski definition) is 4. The number of rotatable bonds is 8. The Kier molecular flexibility index (Phi) is 7.09. The molecule has 3 rings (SSSR count). The molecule has 0 aliphatic rings. The zero-order valence-corrected chi connectivity index (χ0v) is 16.6. The van der Waals surface area contributed by atoms with Gasteiger partial charge in [-0.25, -0.2) is 18.9 Å². The van der Waals surface area contributed by atoms with Crippen molar-refractivity contribution in [2.75, 3.05) is 13.1 Å². The van der Waals surface area contributed by atoms with Gasteiger partial charge in [0.25, 0.3) is 5.91 Å². The quantitative estimate of drug-likeness (QED) is 0.495. The Morgan fingerprint density at radius 2 is 1.83 bits per heavy atom. The minimum absolute atomic E-state index is 0.231. The molecule has 0 radical (unpaired) electrons. The third kappa shape index (κ3) is 6.13. The number of carbonyl (C=O) groups excluding carboxylic acids is 2. The van der Waals surface area contributed by atoms with E-state index in [-0.39, 0.29) is 30.6 Å². The van der Waals surface area contributed by atoms with Crippen LogP contribution in [0, 0.1) is 12.7 Å². The van der Waals surface area contributed by atoms with Crippen molar-refractivity contribution in [2.45, 2.75) is 20.0 Å². The van der Waals surface area contributed by atoms with Gasteiger partial charge < -0.3 is 16.0 Å². The lowest BCUT2D eigenvalue weighted by atomic mass is 10.1. The van der Waals surface area contributed by atoms with E-state index < -0.39 is 5.82 Å². The molecule has 3 aromatic rings. The van der Waals surface area contributed by atoms with E-state index in [1.807, 2.05) is 24.3 Å². The van der Waals surface area contributed by atoms with E-state index in [0.717, 1.165) is 11.1 Å². The Morgan fingerprint density at radius 3 is 2.60 bits per heavy atom. The summed E-state index contributed by atoms with van der Waals surface area (Å²) in [4.78, 5) is 27.9. The zero-order chi connectivity index (χ0) is 21.3. The van der Waals surface area contributed by atoms with Crippen LogP contribution in [0.1, 0.15) is 27.0 Å². The van der Waals surface area contributed by atoms with Gasteiger partial charge >= 0.3 is 6.03 Å². The van der Waals surface area contributed by atoms with Crippen LogP contribution in [-0.4, -0.2) is 39.8 Å². The van der Waals surface area contributed by atoms with Crippen LogP contribution >= 0.6 is 0 Å². The van der Waals surface area contributed by atoms with Gasteiger partial charge in [-0.05, 0) is 35.7 Å². The third-order valence-electron chi connectivity index (χ3n) is 4.39. The summed E-state index contributed by atoms with van der Waals surface area (Å²) in [5.74, 6) is -0.814. The minimum atomic E-state index is -0.425. The van der Waals surface area contributed by atoms with Crippen molar-refractivity contribution >= 4 is 11.9 Å². The molecule has 0 saturated heterocycles. The molecule has 0 saturated carbocycles. The van der Waals surface area contributed by atoms with Gasteiger partial charge in [0.1, 0.15) is 18.5 Å². The van der Waals surface area contributed by atoms with Crippen molar-refractivity contribution < 1.29 is 14.0 Å². The Hall–Kier alpha value is -3.75. The van der Waals surface area contributed by atoms with E-state index in [1.165, 1.54) is 12.4 Å². The summed E-state index contributed by atoms with van der Waals surface area (Å²) in [5.41, 5.74) is 2.73. The van der Waals surface area contributed by atoms with Crippen LogP contribution in [0.2, 0.25) is 0 Å². The zero-order valence-electron chi connectivity index (χ0n) is 16.6. The van der Waals surface area contributed by atoms with Gasteiger partial charge in [-0.2, -0.15) is 5.10 Å². The lowest BCUT2D eigenvalue weighted by Gasteiger charge is -2.10. The molecular formula is C21H23FN6O2. The topological polar surface area (TPSA) is 101 Å². The first-order valence-corrected chi connectivity index (χ1v) is 9.47. The van der Waals surface area contributed by atoms with Gasteiger partial charge in [-0.15, -0.1) is 0 Å². The molecule has 9 heteroatoms. The number of hydrogen-bond donors (Lipinski definition) is 3. The number of halogens is 1. The molecule has 2 aromatic carbocycles. The molecule has 30 heavy (non-hydrogen) atoms. The number of aromatic nitrogens is 3. The molecule has 1 aromatic heterocycles. The van der Waals surface area contributed by atoms with Gasteiger partial charge in [0.05, 0.1) is 6.54 Å². The van der Waals surface area contributed by atoms with Crippen molar-refractivity contribution in [2.24, 2.45) is 0 Å². The monoisotopic (exact) mass is 410 g/mol. The number of benzene rings is 2. The number of amides is 3. The van der Waals surface area contributed by atoms with Gasteiger partial charge in [0.2, 0.25) is 0 Å². The molecule has 0 unspecified atom stereocenters. The summed E-state index contributed by atoms with van der Waals surface area (Å²) >= 11 is 0.